The number of benzene rings is 1. The molecule has 108 valence electrons. The van der Waals surface area contributed by atoms with Crippen LogP contribution in [-0.2, 0) is 5.41 Å². The molecule has 1 atom stereocenters. The minimum Gasteiger partial charge on any atom is -0.319 e. The summed E-state index contributed by atoms with van der Waals surface area (Å²) in [5, 5.41) is 5.38. The number of nitrogens with two attached hydrogens (primary N) is 1. The minimum atomic E-state index is -0.252. The number of aromatic nitrogens is 3. The van der Waals surface area contributed by atoms with Gasteiger partial charge in [0, 0.05) is 22.6 Å². The molecule has 4 nitrogen and oxygen atoms in total. The molecular weight excluding hydrogens is 280 g/mol. The molecule has 0 saturated heterocycles. The van der Waals surface area contributed by atoms with E-state index in [1.54, 1.807) is 6.20 Å². The summed E-state index contributed by atoms with van der Waals surface area (Å²) in [7, 11) is 0. The van der Waals surface area contributed by atoms with Gasteiger partial charge in [-0.15, -0.1) is 5.10 Å². The molecule has 0 aliphatic carbocycles. The molecular formula is C16H18N4S. The second-order valence-corrected chi connectivity index (χ2v) is 6.92. The van der Waals surface area contributed by atoms with Crippen molar-refractivity contribution in [2.24, 2.45) is 5.73 Å². The van der Waals surface area contributed by atoms with Crippen LogP contribution in [0.2, 0.25) is 0 Å². The summed E-state index contributed by atoms with van der Waals surface area (Å²) in [4.78, 5) is 5.50. The number of rotatable bonds is 2. The fourth-order valence-electron chi connectivity index (χ4n) is 2.44. The van der Waals surface area contributed by atoms with Crippen molar-refractivity contribution in [3.05, 3.63) is 52.7 Å². The lowest BCUT2D eigenvalue weighted by Gasteiger charge is -2.20. The van der Waals surface area contributed by atoms with Crippen LogP contribution in [0.15, 0.2) is 36.5 Å². The molecule has 2 heterocycles. The van der Waals surface area contributed by atoms with Gasteiger partial charge in [-0.05, 0) is 17.6 Å². The Bertz CT molecular complexity index is 768. The van der Waals surface area contributed by atoms with Crippen LogP contribution in [0.25, 0.3) is 10.9 Å². The zero-order valence-corrected chi connectivity index (χ0v) is 13.2. The summed E-state index contributed by atoms with van der Waals surface area (Å²) >= 11 is 1.37. The van der Waals surface area contributed by atoms with Gasteiger partial charge >= 0.3 is 0 Å². The Kier molecular flexibility index (Phi) is 3.47. The average molecular weight is 298 g/mol. The van der Waals surface area contributed by atoms with Crippen LogP contribution in [0.4, 0.5) is 0 Å². The zero-order chi connectivity index (χ0) is 15.0. The molecule has 3 rings (SSSR count). The van der Waals surface area contributed by atoms with Gasteiger partial charge in [-0.2, -0.15) is 0 Å². The lowest BCUT2D eigenvalue weighted by molar-refractivity contribution is 0.557. The normalized spacial score (nSPS) is 13.5. The predicted molar refractivity (Wildman–Crippen MR) is 86.4 cm³/mol. The van der Waals surface area contributed by atoms with Crippen LogP contribution in [0.3, 0.4) is 0 Å². The molecule has 1 unspecified atom stereocenters. The molecule has 0 saturated carbocycles. The van der Waals surface area contributed by atoms with Gasteiger partial charge in [0.2, 0.25) is 0 Å². The van der Waals surface area contributed by atoms with Crippen molar-refractivity contribution in [3.63, 3.8) is 0 Å². The summed E-state index contributed by atoms with van der Waals surface area (Å²) in [5.74, 6) is 0. The summed E-state index contributed by atoms with van der Waals surface area (Å²) in [6.45, 7) is 6.38. The maximum absolute atomic E-state index is 6.51. The van der Waals surface area contributed by atoms with E-state index in [9.17, 15) is 0 Å². The largest absolute Gasteiger partial charge is 0.319 e. The van der Waals surface area contributed by atoms with Crippen molar-refractivity contribution in [1.82, 2.24) is 14.6 Å². The number of para-hydroxylation sites is 1. The van der Waals surface area contributed by atoms with Gasteiger partial charge in [-0.1, -0.05) is 49.5 Å². The lowest BCUT2D eigenvalue weighted by Crippen LogP contribution is -2.20. The Morgan fingerprint density at radius 1 is 1.14 bits per heavy atom. The number of fused-ring (bicyclic) bond motifs is 1. The summed E-state index contributed by atoms with van der Waals surface area (Å²) < 4.78 is 4.11. The van der Waals surface area contributed by atoms with Crippen LogP contribution in [0, 0.1) is 0 Å². The molecule has 0 bridgehead atoms. The highest BCUT2D eigenvalue weighted by Gasteiger charge is 2.27. The lowest BCUT2D eigenvalue weighted by atomic mass is 9.88. The van der Waals surface area contributed by atoms with Crippen molar-refractivity contribution >= 4 is 22.4 Å². The van der Waals surface area contributed by atoms with Gasteiger partial charge in [0.25, 0.3) is 0 Å². The molecule has 2 aromatic heterocycles. The van der Waals surface area contributed by atoms with Crippen molar-refractivity contribution < 1.29 is 0 Å². The Morgan fingerprint density at radius 2 is 1.90 bits per heavy atom. The van der Waals surface area contributed by atoms with E-state index < -0.39 is 0 Å². The Labute approximate surface area is 128 Å². The van der Waals surface area contributed by atoms with E-state index in [4.69, 9.17) is 5.73 Å². The minimum absolute atomic E-state index is 0.0715. The molecule has 0 spiro atoms. The highest BCUT2D eigenvalue weighted by atomic mass is 32.1. The topological polar surface area (TPSA) is 64.7 Å². The highest BCUT2D eigenvalue weighted by Crippen LogP contribution is 2.34. The first-order valence-electron chi connectivity index (χ1n) is 6.90. The van der Waals surface area contributed by atoms with Gasteiger partial charge in [0.15, 0.2) is 0 Å². The van der Waals surface area contributed by atoms with E-state index in [0.717, 1.165) is 27.0 Å². The van der Waals surface area contributed by atoms with Crippen LogP contribution in [0.5, 0.6) is 0 Å². The Balaban J connectivity index is 2.14. The van der Waals surface area contributed by atoms with Gasteiger partial charge in [-0.25, -0.2) is 0 Å². The predicted octanol–water partition coefficient (Wildman–Crippen LogP) is 3.43. The Morgan fingerprint density at radius 3 is 2.67 bits per heavy atom. The monoisotopic (exact) mass is 298 g/mol. The molecule has 21 heavy (non-hydrogen) atoms. The van der Waals surface area contributed by atoms with Crippen LogP contribution in [-0.4, -0.2) is 14.6 Å². The van der Waals surface area contributed by atoms with E-state index in [2.05, 4.69) is 35.3 Å². The van der Waals surface area contributed by atoms with Gasteiger partial charge in [0.05, 0.1) is 22.1 Å². The van der Waals surface area contributed by atoms with E-state index >= 15 is 0 Å². The quantitative estimate of drug-likeness (QED) is 0.787. The number of pyridine rings is 1. The number of hydrogen-bond acceptors (Lipinski definition) is 5. The first-order chi connectivity index (χ1) is 9.98. The second-order valence-electron chi connectivity index (χ2n) is 6.14. The molecule has 0 radical (unpaired) electrons. The standard InChI is InChI=1S/C16H18N4S/c1-16(2,3)15-14(21-20-19-15)12(17)11-8-4-6-10-7-5-9-18-13(10)11/h4-9,12H,17H2,1-3H3. The van der Waals surface area contributed by atoms with E-state index in [-0.39, 0.29) is 11.5 Å². The molecule has 1 aromatic carbocycles. The maximum atomic E-state index is 6.51. The van der Waals surface area contributed by atoms with Crippen molar-refractivity contribution in [2.75, 3.05) is 0 Å². The molecule has 0 fully saturated rings. The van der Waals surface area contributed by atoms with Crippen molar-refractivity contribution in [2.45, 2.75) is 32.2 Å². The van der Waals surface area contributed by atoms with E-state index in [1.807, 2.05) is 30.3 Å². The van der Waals surface area contributed by atoms with E-state index in [1.165, 1.54) is 11.5 Å². The molecule has 5 heteroatoms. The van der Waals surface area contributed by atoms with Gasteiger partial charge in [0.1, 0.15) is 0 Å². The molecule has 3 aromatic rings. The first-order valence-corrected chi connectivity index (χ1v) is 7.68. The van der Waals surface area contributed by atoms with E-state index in [0.29, 0.717) is 0 Å². The Hall–Kier alpha value is -1.85. The number of nitrogens with zero attached hydrogens (tertiary/aromatic N) is 3. The van der Waals surface area contributed by atoms with Crippen molar-refractivity contribution in [3.8, 4) is 0 Å². The van der Waals surface area contributed by atoms with Gasteiger partial charge < -0.3 is 5.73 Å². The summed E-state index contributed by atoms with van der Waals surface area (Å²) in [6.07, 6.45) is 1.80. The SMILES string of the molecule is CC(C)(C)c1nnsc1C(N)c1cccc2cccnc12. The highest BCUT2D eigenvalue weighted by molar-refractivity contribution is 7.05. The second kappa shape index (κ2) is 5.16. The van der Waals surface area contributed by atoms with Crippen LogP contribution < -0.4 is 5.73 Å². The molecule has 0 aliphatic rings. The third kappa shape index (κ3) is 2.54. The fraction of sp³-hybridized carbons (Fsp3) is 0.312. The molecule has 0 amide bonds. The smallest absolute Gasteiger partial charge is 0.0860 e. The summed E-state index contributed by atoms with van der Waals surface area (Å²) in [6, 6.07) is 9.84. The zero-order valence-electron chi connectivity index (χ0n) is 12.4. The average Bonchev–Trinajstić information content (AvgIpc) is 2.95. The third-order valence-corrected chi connectivity index (χ3v) is 4.31. The van der Waals surface area contributed by atoms with Crippen LogP contribution >= 0.6 is 11.5 Å². The number of hydrogen-bond donors (Lipinski definition) is 1. The van der Waals surface area contributed by atoms with Gasteiger partial charge in [-0.3, -0.25) is 4.98 Å². The van der Waals surface area contributed by atoms with Crippen LogP contribution in [0.1, 0.15) is 42.9 Å². The fourth-order valence-corrected chi connectivity index (χ4v) is 3.33. The summed E-state index contributed by atoms with van der Waals surface area (Å²) in [5.41, 5.74) is 9.37. The molecule has 0 aliphatic heterocycles. The van der Waals surface area contributed by atoms with Crippen molar-refractivity contribution in [1.29, 1.82) is 0 Å². The third-order valence-electron chi connectivity index (χ3n) is 3.51. The maximum Gasteiger partial charge on any atom is 0.0860 e. The first kappa shape index (κ1) is 14.1. The molecule has 2 N–H and O–H groups in total.